The molecule has 0 saturated carbocycles. The number of guanidine groups is 1. The van der Waals surface area contributed by atoms with E-state index in [1.54, 1.807) is 0 Å². The van der Waals surface area contributed by atoms with Crippen molar-refractivity contribution in [1.29, 1.82) is 0 Å². The second-order valence-electron chi connectivity index (χ2n) is 7.26. The number of aryl methyl sites for hydroxylation is 2. The number of rotatable bonds is 4. The highest BCUT2D eigenvalue weighted by atomic mass is 16.5. The van der Waals surface area contributed by atoms with Gasteiger partial charge in [-0.05, 0) is 45.4 Å². The van der Waals surface area contributed by atoms with Gasteiger partial charge in [0.05, 0.1) is 18.2 Å². The van der Waals surface area contributed by atoms with Gasteiger partial charge in [0.1, 0.15) is 11.6 Å². The minimum Gasteiger partial charge on any atom is -0.373 e. The standard InChI is InChI=1S/C17H28N6O/c1-3-18-17(20-14-8-13-5-6-15(14)24-13)19-9-12-4-7-16-22-21-11(2)23(16)10-12/h12-15H,3-10H2,1-2H3,(H2,18,19,20). The lowest BCUT2D eigenvalue weighted by Crippen LogP contribution is -2.47. The second-order valence-corrected chi connectivity index (χ2v) is 7.26. The average molecular weight is 332 g/mol. The molecule has 0 aromatic carbocycles. The van der Waals surface area contributed by atoms with Gasteiger partial charge in [0.25, 0.3) is 0 Å². The first-order chi connectivity index (χ1) is 11.7. The highest BCUT2D eigenvalue weighted by Crippen LogP contribution is 2.34. The van der Waals surface area contributed by atoms with Crippen molar-refractivity contribution in [2.24, 2.45) is 10.9 Å². The Hall–Kier alpha value is -1.63. The molecule has 3 aliphatic rings. The van der Waals surface area contributed by atoms with Crippen LogP contribution >= 0.6 is 0 Å². The van der Waals surface area contributed by atoms with E-state index in [0.717, 1.165) is 56.5 Å². The molecule has 24 heavy (non-hydrogen) atoms. The fourth-order valence-corrected chi connectivity index (χ4v) is 4.18. The molecule has 2 saturated heterocycles. The Morgan fingerprint density at radius 2 is 2.25 bits per heavy atom. The first-order valence-corrected chi connectivity index (χ1v) is 9.32. The molecule has 4 rings (SSSR count). The van der Waals surface area contributed by atoms with Crippen molar-refractivity contribution in [3.63, 3.8) is 0 Å². The number of nitrogens with zero attached hydrogens (tertiary/aromatic N) is 4. The van der Waals surface area contributed by atoms with Crippen LogP contribution in [-0.2, 0) is 17.7 Å². The van der Waals surface area contributed by atoms with E-state index in [2.05, 4.69) is 32.3 Å². The normalized spacial score (nSPS) is 32.0. The van der Waals surface area contributed by atoms with Crippen molar-refractivity contribution in [3.05, 3.63) is 11.6 Å². The average Bonchev–Trinajstić information content (AvgIpc) is 3.29. The van der Waals surface area contributed by atoms with Gasteiger partial charge in [-0.1, -0.05) is 0 Å². The lowest BCUT2D eigenvalue weighted by atomic mass is 9.96. The van der Waals surface area contributed by atoms with Gasteiger partial charge < -0.3 is 19.9 Å². The Labute approximate surface area is 143 Å². The van der Waals surface area contributed by atoms with Gasteiger partial charge in [-0.3, -0.25) is 4.99 Å². The summed E-state index contributed by atoms with van der Waals surface area (Å²) in [6.45, 7) is 6.85. The molecular weight excluding hydrogens is 304 g/mol. The van der Waals surface area contributed by atoms with Crippen LogP contribution in [0, 0.1) is 12.8 Å². The van der Waals surface area contributed by atoms with E-state index in [1.807, 2.05) is 6.92 Å². The van der Waals surface area contributed by atoms with Crippen LogP contribution in [0.2, 0.25) is 0 Å². The number of hydrogen-bond acceptors (Lipinski definition) is 4. The number of fused-ring (bicyclic) bond motifs is 3. The summed E-state index contributed by atoms with van der Waals surface area (Å²) < 4.78 is 8.18. The highest BCUT2D eigenvalue weighted by molar-refractivity contribution is 5.80. The minimum absolute atomic E-state index is 0.371. The molecule has 0 spiro atoms. The summed E-state index contributed by atoms with van der Waals surface area (Å²) in [5.74, 6) is 3.63. The molecule has 1 aromatic rings. The van der Waals surface area contributed by atoms with Crippen LogP contribution in [0.1, 0.15) is 44.3 Å². The van der Waals surface area contributed by atoms with E-state index in [1.165, 1.54) is 12.8 Å². The van der Waals surface area contributed by atoms with Crippen molar-refractivity contribution < 1.29 is 4.74 Å². The monoisotopic (exact) mass is 332 g/mol. The SMILES string of the molecule is CCNC(=NCC1CCc2nnc(C)n2C1)NC1CC2CCC1O2. The van der Waals surface area contributed by atoms with E-state index in [-0.39, 0.29) is 0 Å². The molecule has 7 heteroatoms. The van der Waals surface area contributed by atoms with Gasteiger partial charge in [0, 0.05) is 26.1 Å². The summed E-state index contributed by atoms with van der Waals surface area (Å²) in [7, 11) is 0. The molecule has 0 amide bonds. The van der Waals surface area contributed by atoms with Gasteiger partial charge in [0.15, 0.2) is 5.96 Å². The van der Waals surface area contributed by atoms with Crippen LogP contribution in [-0.4, -0.2) is 52.1 Å². The summed E-state index contributed by atoms with van der Waals surface area (Å²) in [6.07, 6.45) is 6.49. The first-order valence-electron chi connectivity index (χ1n) is 9.32. The predicted octanol–water partition coefficient (Wildman–Crippen LogP) is 1.02. The molecule has 4 heterocycles. The lowest BCUT2D eigenvalue weighted by molar-refractivity contribution is 0.0992. The van der Waals surface area contributed by atoms with Crippen molar-refractivity contribution in [1.82, 2.24) is 25.4 Å². The summed E-state index contributed by atoms with van der Waals surface area (Å²) in [5, 5.41) is 15.4. The minimum atomic E-state index is 0.371. The number of ether oxygens (including phenoxy) is 1. The number of aromatic nitrogens is 3. The molecule has 7 nitrogen and oxygen atoms in total. The molecule has 132 valence electrons. The van der Waals surface area contributed by atoms with E-state index in [4.69, 9.17) is 9.73 Å². The number of aliphatic imine (C=N–C) groups is 1. The van der Waals surface area contributed by atoms with Gasteiger partial charge in [0.2, 0.25) is 0 Å². The maximum atomic E-state index is 5.94. The largest absolute Gasteiger partial charge is 0.373 e. The summed E-state index contributed by atoms with van der Waals surface area (Å²) in [6, 6.07) is 0.416. The molecule has 4 atom stereocenters. The van der Waals surface area contributed by atoms with E-state index in [0.29, 0.717) is 24.2 Å². The van der Waals surface area contributed by atoms with Crippen molar-refractivity contribution >= 4 is 5.96 Å². The van der Waals surface area contributed by atoms with Gasteiger partial charge >= 0.3 is 0 Å². The van der Waals surface area contributed by atoms with Gasteiger partial charge in [-0.15, -0.1) is 10.2 Å². The molecule has 2 bridgehead atoms. The zero-order valence-electron chi connectivity index (χ0n) is 14.7. The molecule has 0 radical (unpaired) electrons. The van der Waals surface area contributed by atoms with Crippen LogP contribution in [0.25, 0.3) is 0 Å². The highest BCUT2D eigenvalue weighted by Gasteiger charge is 2.41. The Morgan fingerprint density at radius 1 is 1.33 bits per heavy atom. The zero-order chi connectivity index (χ0) is 16.5. The van der Waals surface area contributed by atoms with Crippen LogP contribution in [0.15, 0.2) is 4.99 Å². The fraction of sp³-hybridized carbons (Fsp3) is 0.824. The predicted molar refractivity (Wildman–Crippen MR) is 92.0 cm³/mol. The third-order valence-electron chi connectivity index (χ3n) is 5.51. The first kappa shape index (κ1) is 15.9. The molecular formula is C17H28N6O. The smallest absolute Gasteiger partial charge is 0.191 e. The maximum absolute atomic E-state index is 5.94. The van der Waals surface area contributed by atoms with Crippen LogP contribution in [0.3, 0.4) is 0 Å². The topological polar surface area (TPSA) is 76.4 Å². The molecule has 4 unspecified atom stereocenters. The molecule has 2 N–H and O–H groups in total. The Bertz CT molecular complexity index is 612. The number of hydrogen-bond donors (Lipinski definition) is 2. The summed E-state index contributed by atoms with van der Waals surface area (Å²) >= 11 is 0. The van der Waals surface area contributed by atoms with E-state index >= 15 is 0 Å². The van der Waals surface area contributed by atoms with Crippen LogP contribution in [0.4, 0.5) is 0 Å². The summed E-state index contributed by atoms with van der Waals surface area (Å²) in [4.78, 5) is 4.86. The third kappa shape index (κ3) is 3.14. The number of nitrogens with one attached hydrogen (secondary N) is 2. The van der Waals surface area contributed by atoms with Gasteiger partial charge in [-0.2, -0.15) is 0 Å². The van der Waals surface area contributed by atoms with Crippen molar-refractivity contribution in [2.75, 3.05) is 13.1 Å². The second kappa shape index (κ2) is 6.70. The third-order valence-corrected chi connectivity index (χ3v) is 5.51. The van der Waals surface area contributed by atoms with Crippen LogP contribution < -0.4 is 10.6 Å². The quantitative estimate of drug-likeness (QED) is 0.636. The lowest BCUT2D eigenvalue weighted by Gasteiger charge is -2.25. The molecule has 0 aliphatic carbocycles. The van der Waals surface area contributed by atoms with Gasteiger partial charge in [-0.25, -0.2) is 0 Å². The Balaban J connectivity index is 1.36. The maximum Gasteiger partial charge on any atom is 0.191 e. The Kier molecular flexibility index (Phi) is 4.43. The van der Waals surface area contributed by atoms with Crippen molar-refractivity contribution in [3.8, 4) is 0 Å². The molecule has 2 fully saturated rings. The van der Waals surface area contributed by atoms with Crippen LogP contribution in [0.5, 0.6) is 0 Å². The van der Waals surface area contributed by atoms with E-state index < -0.39 is 0 Å². The Morgan fingerprint density at radius 3 is 3.00 bits per heavy atom. The van der Waals surface area contributed by atoms with Crippen molar-refractivity contribution in [2.45, 2.75) is 70.7 Å². The molecule has 1 aromatic heterocycles. The summed E-state index contributed by atoms with van der Waals surface area (Å²) in [5.41, 5.74) is 0. The fourth-order valence-electron chi connectivity index (χ4n) is 4.18. The molecule has 3 aliphatic heterocycles. The zero-order valence-corrected chi connectivity index (χ0v) is 14.7. The van der Waals surface area contributed by atoms with E-state index in [9.17, 15) is 0 Å².